The molecule has 1 aliphatic carbocycles. The van der Waals surface area contributed by atoms with Crippen molar-refractivity contribution in [2.75, 3.05) is 19.0 Å². The van der Waals surface area contributed by atoms with Crippen LogP contribution in [0.25, 0.3) is 0 Å². The van der Waals surface area contributed by atoms with Gasteiger partial charge in [0.25, 0.3) is 5.91 Å². The van der Waals surface area contributed by atoms with E-state index < -0.39 is 0 Å². The molecule has 1 aliphatic heterocycles. The standard InChI is InChI=1S/C36H41N5O3/c1-44-29-17-15-25(16-18-29)24-41-22-21-37-34(41)33-28(23-27-11-5-7-13-31(27)39-33)19-20-38-36(43)30-12-6-8-14-32(30)40-35(42)26-9-3-2-4-10-26/h2-5,7,9-11,13,15-18,21-22,28,30,32-33,39H,6,8,12,14,19-20,23-24H2,1H3,(H,38,43)(H,40,42)/t28-,30-,32+,33+/m0/s1. The number of methoxy groups -OCH3 is 1. The molecule has 6 rings (SSSR count). The summed E-state index contributed by atoms with van der Waals surface area (Å²) in [5.41, 5.74) is 4.21. The van der Waals surface area contributed by atoms with Crippen molar-refractivity contribution in [2.24, 2.45) is 11.8 Å². The van der Waals surface area contributed by atoms with Gasteiger partial charge < -0.3 is 25.3 Å². The molecule has 2 heterocycles. The quantitative estimate of drug-likeness (QED) is 0.218. The van der Waals surface area contributed by atoms with Gasteiger partial charge in [-0.3, -0.25) is 9.59 Å². The molecule has 44 heavy (non-hydrogen) atoms. The molecule has 0 spiro atoms. The SMILES string of the molecule is COc1ccc(Cn2ccnc2[C@@H]2Nc3ccccc3C[C@@H]2CCNC(=O)[C@H]2CCCC[C@H]2NC(=O)c2ccccc2)cc1. The van der Waals surface area contributed by atoms with Crippen LogP contribution < -0.4 is 20.7 Å². The highest BCUT2D eigenvalue weighted by Crippen LogP contribution is 2.38. The molecular formula is C36H41N5O3. The number of para-hydroxylation sites is 1. The van der Waals surface area contributed by atoms with Crippen LogP contribution in [-0.2, 0) is 17.8 Å². The number of amides is 2. The number of benzene rings is 3. The predicted molar refractivity (Wildman–Crippen MR) is 172 cm³/mol. The summed E-state index contributed by atoms with van der Waals surface area (Å²) in [5, 5.41) is 10.2. The van der Waals surface area contributed by atoms with Gasteiger partial charge in [0.05, 0.1) is 19.1 Å². The van der Waals surface area contributed by atoms with Gasteiger partial charge in [-0.2, -0.15) is 0 Å². The highest BCUT2D eigenvalue weighted by atomic mass is 16.5. The molecule has 1 fully saturated rings. The normalized spacial score (nSPS) is 21.0. The average Bonchev–Trinajstić information content (AvgIpc) is 3.53. The first-order valence-electron chi connectivity index (χ1n) is 15.7. The van der Waals surface area contributed by atoms with Crippen molar-refractivity contribution in [3.63, 3.8) is 0 Å². The van der Waals surface area contributed by atoms with Gasteiger partial charge >= 0.3 is 0 Å². The van der Waals surface area contributed by atoms with Gasteiger partial charge in [0.2, 0.25) is 5.91 Å². The molecule has 1 saturated carbocycles. The van der Waals surface area contributed by atoms with Crippen LogP contribution in [0.3, 0.4) is 0 Å². The lowest BCUT2D eigenvalue weighted by atomic mass is 9.83. The number of hydrogen-bond donors (Lipinski definition) is 3. The molecule has 4 aromatic rings. The van der Waals surface area contributed by atoms with E-state index in [1.165, 1.54) is 11.1 Å². The van der Waals surface area contributed by atoms with E-state index in [-0.39, 0.29) is 35.7 Å². The number of fused-ring (bicyclic) bond motifs is 1. The van der Waals surface area contributed by atoms with Crippen LogP contribution >= 0.6 is 0 Å². The van der Waals surface area contributed by atoms with Gasteiger partial charge in [-0.1, -0.05) is 61.4 Å². The summed E-state index contributed by atoms with van der Waals surface area (Å²) in [6.07, 6.45) is 9.23. The third-order valence-electron chi connectivity index (χ3n) is 9.09. The summed E-state index contributed by atoms with van der Waals surface area (Å²) < 4.78 is 7.54. The molecule has 3 N–H and O–H groups in total. The maximum absolute atomic E-state index is 13.5. The fourth-order valence-electron chi connectivity index (χ4n) is 6.70. The number of rotatable bonds is 10. The zero-order valence-corrected chi connectivity index (χ0v) is 25.2. The van der Waals surface area contributed by atoms with Crippen LogP contribution in [0.2, 0.25) is 0 Å². The number of imidazole rings is 1. The lowest BCUT2D eigenvalue weighted by molar-refractivity contribution is -0.126. The molecule has 0 unspecified atom stereocenters. The number of aromatic nitrogens is 2. The number of carbonyl (C=O) groups excluding carboxylic acids is 2. The number of ether oxygens (including phenoxy) is 1. The van der Waals surface area contributed by atoms with E-state index in [1.54, 1.807) is 7.11 Å². The largest absolute Gasteiger partial charge is 0.497 e. The molecule has 0 radical (unpaired) electrons. The van der Waals surface area contributed by atoms with E-state index in [0.29, 0.717) is 18.7 Å². The number of nitrogens with one attached hydrogen (secondary N) is 3. The minimum absolute atomic E-state index is 0.00244. The average molecular weight is 592 g/mol. The Kier molecular flexibility index (Phi) is 9.25. The number of nitrogens with zero attached hydrogens (tertiary/aromatic N) is 2. The Morgan fingerprint density at radius 1 is 0.977 bits per heavy atom. The Bertz CT molecular complexity index is 1550. The molecule has 8 nitrogen and oxygen atoms in total. The van der Waals surface area contributed by atoms with Crippen molar-refractivity contribution in [2.45, 2.75) is 57.2 Å². The van der Waals surface area contributed by atoms with E-state index in [4.69, 9.17) is 9.72 Å². The van der Waals surface area contributed by atoms with Crippen molar-refractivity contribution in [3.8, 4) is 5.75 Å². The molecule has 228 valence electrons. The Balaban J connectivity index is 1.12. The zero-order chi connectivity index (χ0) is 30.3. The second-order valence-corrected chi connectivity index (χ2v) is 11.9. The van der Waals surface area contributed by atoms with E-state index in [9.17, 15) is 9.59 Å². The van der Waals surface area contributed by atoms with Gasteiger partial charge in [0, 0.05) is 42.8 Å². The topological polar surface area (TPSA) is 97.3 Å². The van der Waals surface area contributed by atoms with Crippen molar-refractivity contribution in [1.82, 2.24) is 20.2 Å². The molecule has 8 heteroatoms. The second kappa shape index (κ2) is 13.8. The Morgan fingerprint density at radius 3 is 2.57 bits per heavy atom. The van der Waals surface area contributed by atoms with E-state index in [1.807, 2.05) is 54.9 Å². The van der Waals surface area contributed by atoms with Gasteiger partial charge in [-0.15, -0.1) is 0 Å². The van der Waals surface area contributed by atoms with Crippen LogP contribution in [0.15, 0.2) is 91.3 Å². The van der Waals surface area contributed by atoms with Gasteiger partial charge in [0.15, 0.2) is 0 Å². The minimum atomic E-state index is -0.221. The first-order valence-corrected chi connectivity index (χ1v) is 15.7. The van der Waals surface area contributed by atoms with E-state index >= 15 is 0 Å². The Hall–Kier alpha value is -4.59. The van der Waals surface area contributed by atoms with Crippen molar-refractivity contribution in [1.29, 1.82) is 0 Å². The van der Waals surface area contributed by atoms with Gasteiger partial charge in [0.1, 0.15) is 11.6 Å². The first kappa shape index (κ1) is 29.5. The monoisotopic (exact) mass is 591 g/mol. The summed E-state index contributed by atoms with van der Waals surface area (Å²) in [4.78, 5) is 31.2. The highest BCUT2D eigenvalue weighted by Gasteiger charge is 2.34. The van der Waals surface area contributed by atoms with Crippen molar-refractivity contribution < 1.29 is 14.3 Å². The van der Waals surface area contributed by atoms with Gasteiger partial charge in [-0.05, 0) is 73.1 Å². The third-order valence-corrected chi connectivity index (χ3v) is 9.09. The molecule has 1 aromatic heterocycles. The van der Waals surface area contributed by atoms with Crippen LogP contribution in [0.4, 0.5) is 5.69 Å². The van der Waals surface area contributed by atoms with E-state index in [2.05, 4.69) is 56.9 Å². The fraction of sp³-hybridized carbons (Fsp3) is 0.361. The molecule has 0 bridgehead atoms. The number of carbonyl (C=O) groups is 2. The molecule has 3 aromatic carbocycles. The lowest BCUT2D eigenvalue weighted by Gasteiger charge is -2.35. The predicted octanol–water partition coefficient (Wildman–Crippen LogP) is 5.76. The summed E-state index contributed by atoms with van der Waals surface area (Å²) in [5.74, 6) is 1.76. The van der Waals surface area contributed by atoms with Crippen LogP contribution in [0, 0.1) is 11.8 Å². The summed E-state index contributed by atoms with van der Waals surface area (Å²) in [7, 11) is 1.68. The molecular weight excluding hydrogens is 550 g/mol. The molecule has 2 aliphatic rings. The summed E-state index contributed by atoms with van der Waals surface area (Å²) >= 11 is 0. The maximum atomic E-state index is 13.5. The summed E-state index contributed by atoms with van der Waals surface area (Å²) in [6.45, 7) is 1.28. The van der Waals surface area contributed by atoms with Crippen LogP contribution in [0.5, 0.6) is 5.75 Å². The van der Waals surface area contributed by atoms with Crippen molar-refractivity contribution >= 4 is 17.5 Å². The fourth-order valence-corrected chi connectivity index (χ4v) is 6.70. The smallest absolute Gasteiger partial charge is 0.251 e. The second-order valence-electron chi connectivity index (χ2n) is 11.9. The lowest BCUT2D eigenvalue weighted by Crippen LogP contribution is -2.48. The Labute approximate surface area is 259 Å². The molecule has 4 atom stereocenters. The van der Waals surface area contributed by atoms with Crippen molar-refractivity contribution in [3.05, 3.63) is 114 Å². The van der Waals surface area contributed by atoms with Gasteiger partial charge in [-0.25, -0.2) is 4.98 Å². The third kappa shape index (κ3) is 6.80. The zero-order valence-electron chi connectivity index (χ0n) is 25.2. The summed E-state index contributed by atoms with van der Waals surface area (Å²) in [6, 6.07) is 25.7. The van der Waals surface area contributed by atoms with Crippen LogP contribution in [0.1, 0.15) is 65.5 Å². The minimum Gasteiger partial charge on any atom is -0.497 e. The number of anilines is 1. The maximum Gasteiger partial charge on any atom is 0.251 e. The highest BCUT2D eigenvalue weighted by molar-refractivity contribution is 5.94. The molecule has 0 saturated heterocycles. The van der Waals surface area contributed by atoms with E-state index in [0.717, 1.165) is 55.8 Å². The Morgan fingerprint density at radius 2 is 1.75 bits per heavy atom. The van der Waals surface area contributed by atoms with Crippen LogP contribution in [-0.4, -0.2) is 41.1 Å². The number of hydrogen-bond acceptors (Lipinski definition) is 5. The molecule has 2 amide bonds. The first-order chi connectivity index (χ1) is 21.6.